The Bertz CT molecular complexity index is 1480. The zero-order valence-electron chi connectivity index (χ0n) is 21.0. The molecule has 0 fully saturated rings. The van der Waals surface area contributed by atoms with E-state index in [1.165, 1.54) is 21.1 Å². The molecule has 2 atom stereocenters. The third kappa shape index (κ3) is 5.52. The van der Waals surface area contributed by atoms with Crippen molar-refractivity contribution in [2.24, 2.45) is 0 Å². The highest BCUT2D eigenvalue weighted by Crippen LogP contribution is 2.30. The average Bonchev–Trinajstić information content (AvgIpc) is 3.33. The lowest BCUT2D eigenvalue weighted by molar-refractivity contribution is 0.0949. The van der Waals surface area contributed by atoms with Gasteiger partial charge in [-0.3, -0.25) is 9.29 Å². The zero-order valence-corrected chi connectivity index (χ0v) is 21.8. The third-order valence-electron chi connectivity index (χ3n) is 5.60. The second-order valence-corrected chi connectivity index (χ2v) is 10.1. The van der Waals surface area contributed by atoms with Crippen LogP contribution in [0.25, 0.3) is 17.2 Å². The standard InChI is InChI=1S/C24H27N7O5S/c1-15-13-25-22(26-14-15)21(36-5)16(2)37(32,33)30-24-29-28-23(19-10-7-11-20(27-19)35-4)31(24)17-8-6-9-18(12-17)34-3/h6-14,16,21H,1-5H3,(H,29,30)/t16-,21-/m0/s1. The normalized spacial score (nSPS) is 13.1. The van der Waals surface area contributed by atoms with Crippen molar-refractivity contribution in [3.05, 3.63) is 66.2 Å². The maximum atomic E-state index is 13.5. The quantitative estimate of drug-likeness (QED) is 0.328. The Balaban J connectivity index is 1.77. The Hall–Kier alpha value is -4.10. The van der Waals surface area contributed by atoms with Crippen LogP contribution in [0.5, 0.6) is 11.6 Å². The molecule has 0 spiro atoms. The molecule has 3 heterocycles. The first-order valence-electron chi connectivity index (χ1n) is 11.2. The molecule has 0 radical (unpaired) electrons. The lowest BCUT2D eigenvalue weighted by Crippen LogP contribution is -2.33. The van der Waals surface area contributed by atoms with Gasteiger partial charge in [-0.1, -0.05) is 12.1 Å². The predicted octanol–water partition coefficient (Wildman–Crippen LogP) is 2.96. The summed E-state index contributed by atoms with van der Waals surface area (Å²) in [4.78, 5) is 12.9. The molecule has 0 aliphatic carbocycles. The molecule has 0 saturated heterocycles. The summed E-state index contributed by atoms with van der Waals surface area (Å²) in [7, 11) is 0.387. The number of anilines is 1. The summed E-state index contributed by atoms with van der Waals surface area (Å²) in [6.07, 6.45) is 2.29. The number of aromatic nitrogens is 6. The van der Waals surface area contributed by atoms with Crippen LogP contribution in [0.4, 0.5) is 5.95 Å². The second kappa shape index (κ2) is 10.9. The Morgan fingerprint density at radius 2 is 1.70 bits per heavy atom. The zero-order chi connectivity index (χ0) is 26.6. The Morgan fingerprint density at radius 1 is 0.973 bits per heavy atom. The highest BCUT2D eigenvalue weighted by molar-refractivity contribution is 7.93. The van der Waals surface area contributed by atoms with Crippen molar-refractivity contribution < 1.29 is 22.6 Å². The van der Waals surface area contributed by atoms with Crippen LogP contribution in [-0.2, 0) is 14.8 Å². The molecule has 0 saturated carbocycles. The molecule has 194 valence electrons. The molecule has 4 rings (SSSR count). The summed E-state index contributed by atoms with van der Waals surface area (Å²) in [6, 6.07) is 12.2. The summed E-state index contributed by atoms with van der Waals surface area (Å²) in [6.45, 7) is 3.35. The molecule has 13 heteroatoms. The van der Waals surface area contributed by atoms with E-state index in [-0.39, 0.29) is 11.8 Å². The number of hydrogen-bond donors (Lipinski definition) is 1. The first-order chi connectivity index (χ1) is 17.8. The minimum atomic E-state index is -4.07. The minimum absolute atomic E-state index is 0.0422. The molecule has 0 aliphatic rings. The maximum absolute atomic E-state index is 13.5. The Morgan fingerprint density at radius 3 is 2.38 bits per heavy atom. The van der Waals surface area contributed by atoms with Gasteiger partial charge in [0, 0.05) is 31.6 Å². The maximum Gasteiger partial charge on any atom is 0.243 e. The molecular weight excluding hydrogens is 498 g/mol. The van der Waals surface area contributed by atoms with Crippen molar-refractivity contribution in [3.8, 4) is 28.8 Å². The Labute approximate surface area is 214 Å². The van der Waals surface area contributed by atoms with Crippen molar-refractivity contribution in [3.63, 3.8) is 0 Å². The van der Waals surface area contributed by atoms with E-state index < -0.39 is 21.4 Å². The SMILES string of the molecule is COc1cccc(-n2c(NS(=O)(=O)[C@@H](C)[C@H](OC)c3ncc(C)cn3)nnc2-c2cccc(OC)n2)c1. The van der Waals surface area contributed by atoms with Gasteiger partial charge < -0.3 is 14.2 Å². The highest BCUT2D eigenvalue weighted by atomic mass is 32.2. The van der Waals surface area contributed by atoms with Crippen LogP contribution < -0.4 is 14.2 Å². The van der Waals surface area contributed by atoms with Crippen LogP contribution in [0.2, 0.25) is 0 Å². The molecule has 0 bridgehead atoms. The van der Waals surface area contributed by atoms with E-state index in [0.29, 0.717) is 28.8 Å². The van der Waals surface area contributed by atoms with Crippen molar-refractivity contribution in [2.45, 2.75) is 25.2 Å². The van der Waals surface area contributed by atoms with Gasteiger partial charge in [0.15, 0.2) is 11.6 Å². The molecule has 1 aromatic carbocycles. The number of aryl methyl sites for hydroxylation is 1. The van der Waals surface area contributed by atoms with Gasteiger partial charge in [0.25, 0.3) is 0 Å². The molecule has 1 N–H and O–H groups in total. The van der Waals surface area contributed by atoms with Gasteiger partial charge >= 0.3 is 0 Å². The number of benzene rings is 1. The van der Waals surface area contributed by atoms with Crippen LogP contribution in [0, 0.1) is 6.92 Å². The van der Waals surface area contributed by atoms with Crippen molar-refractivity contribution in [2.75, 3.05) is 26.1 Å². The summed E-state index contributed by atoms with van der Waals surface area (Å²) >= 11 is 0. The molecule has 0 aliphatic heterocycles. The lowest BCUT2D eigenvalue weighted by atomic mass is 10.2. The number of ether oxygens (including phenoxy) is 3. The van der Waals surface area contributed by atoms with Gasteiger partial charge in [0.05, 0.1) is 19.9 Å². The smallest absolute Gasteiger partial charge is 0.243 e. The molecule has 0 unspecified atom stereocenters. The van der Waals surface area contributed by atoms with E-state index >= 15 is 0 Å². The van der Waals surface area contributed by atoms with Crippen LogP contribution in [-0.4, -0.2) is 64.7 Å². The van der Waals surface area contributed by atoms with Gasteiger partial charge in [-0.2, -0.15) is 0 Å². The van der Waals surface area contributed by atoms with E-state index in [9.17, 15) is 8.42 Å². The number of nitrogens with one attached hydrogen (secondary N) is 1. The van der Waals surface area contributed by atoms with Gasteiger partial charge in [0.1, 0.15) is 22.8 Å². The van der Waals surface area contributed by atoms with Crippen molar-refractivity contribution >= 4 is 16.0 Å². The molecule has 4 aromatic rings. The summed E-state index contributed by atoms with van der Waals surface area (Å²) in [5, 5.41) is 7.31. The monoisotopic (exact) mass is 525 g/mol. The molecule has 37 heavy (non-hydrogen) atoms. The summed E-state index contributed by atoms with van der Waals surface area (Å²) in [5.74, 6) is 1.44. The van der Waals surface area contributed by atoms with E-state index in [1.807, 2.05) is 6.92 Å². The van der Waals surface area contributed by atoms with Gasteiger partial charge in [-0.05, 0) is 37.6 Å². The summed E-state index contributed by atoms with van der Waals surface area (Å²) < 4.78 is 47.2. The number of hydrogen-bond acceptors (Lipinski definition) is 10. The lowest BCUT2D eigenvalue weighted by Gasteiger charge is -2.22. The highest BCUT2D eigenvalue weighted by Gasteiger charge is 2.34. The number of sulfonamides is 1. The van der Waals surface area contributed by atoms with Gasteiger partial charge in [-0.15, -0.1) is 10.2 Å². The number of methoxy groups -OCH3 is 3. The first kappa shape index (κ1) is 26.0. The fourth-order valence-corrected chi connectivity index (χ4v) is 4.73. The van der Waals surface area contributed by atoms with E-state index in [0.717, 1.165) is 5.56 Å². The first-order valence-corrected chi connectivity index (χ1v) is 12.8. The Kier molecular flexibility index (Phi) is 7.64. The minimum Gasteiger partial charge on any atom is -0.497 e. The number of pyridine rings is 1. The average molecular weight is 526 g/mol. The fourth-order valence-electron chi connectivity index (χ4n) is 3.60. The number of nitrogens with zero attached hydrogens (tertiary/aromatic N) is 6. The van der Waals surface area contributed by atoms with Crippen molar-refractivity contribution in [1.29, 1.82) is 0 Å². The molecule has 12 nitrogen and oxygen atoms in total. The number of rotatable bonds is 10. The third-order valence-corrected chi connectivity index (χ3v) is 7.29. The second-order valence-electron chi connectivity index (χ2n) is 8.08. The van der Waals surface area contributed by atoms with Crippen molar-refractivity contribution in [1.82, 2.24) is 29.7 Å². The van der Waals surface area contributed by atoms with E-state index in [2.05, 4.69) is 29.9 Å². The van der Waals surface area contributed by atoms with Gasteiger partial charge in [-0.25, -0.2) is 23.4 Å². The molecule has 0 amide bonds. The summed E-state index contributed by atoms with van der Waals surface area (Å²) in [5.41, 5.74) is 1.83. The predicted molar refractivity (Wildman–Crippen MR) is 136 cm³/mol. The fraction of sp³-hybridized carbons (Fsp3) is 0.292. The topological polar surface area (TPSA) is 143 Å². The van der Waals surface area contributed by atoms with Crippen LogP contribution >= 0.6 is 0 Å². The van der Waals surface area contributed by atoms with E-state index in [1.54, 1.807) is 66.5 Å². The van der Waals surface area contributed by atoms with Gasteiger partial charge in [0.2, 0.25) is 21.9 Å². The largest absolute Gasteiger partial charge is 0.497 e. The van der Waals surface area contributed by atoms with E-state index in [4.69, 9.17) is 14.2 Å². The molecule has 3 aromatic heterocycles. The van der Waals surface area contributed by atoms with Crippen LogP contribution in [0.15, 0.2) is 54.9 Å². The van der Waals surface area contributed by atoms with Crippen LogP contribution in [0.1, 0.15) is 24.4 Å². The van der Waals surface area contributed by atoms with Crippen LogP contribution in [0.3, 0.4) is 0 Å². The molecular formula is C24H27N7O5S.